The Labute approximate surface area is 183 Å². The number of aliphatic carboxylic acids is 1. The molecule has 6 atom stereocenters. The monoisotopic (exact) mass is 448 g/mol. The smallest absolute Gasteiger partial charge is 0.326 e. The molecule has 10 nitrogen and oxygen atoms in total. The molecular formula is C19H36N4O6S. The zero-order chi connectivity index (χ0) is 23.6. The van der Waals surface area contributed by atoms with Crippen LogP contribution in [0.4, 0.5) is 0 Å². The summed E-state index contributed by atoms with van der Waals surface area (Å²) in [6.07, 6.45) is -0.284. The highest BCUT2D eigenvalue weighted by Gasteiger charge is 2.32. The van der Waals surface area contributed by atoms with E-state index in [2.05, 4.69) is 28.6 Å². The number of rotatable bonds is 13. The fraction of sp³-hybridized carbons (Fsp3) is 0.789. The van der Waals surface area contributed by atoms with Crippen LogP contribution in [0.1, 0.15) is 47.5 Å². The highest BCUT2D eigenvalue weighted by molar-refractivity contribution is 7.80. The minimum atomic E-state index is -1.21. The molecule has 0 aliphatic carbocycles. The van der Waals surface area contributed by atoms with Crippen LogP contribution < -0.4 is 21.7 Å². The third-order valence-electron chi connectivity index (χ3n) is 4.75. The lowest BCUT2D eigenvalue weighted by molar-refractivity contribution is -0.143. The van der Waals surface area contributed by atoms with E-state index in [9.17, 15) is 29.4 Å². The van der Waals surface area contributed by atoms with Crippen LogP contribution in [-0.2, 0) is 19.2 Å². The van der Waals surface area contributed by atoms with Gasteiger partial charge in [-0.3, -0.25) is 14.4 Å². The molecule has 0 bridgehead atoms. The van der Waals surface area contributed by atoms with Crippen LogP contribution in [0.25, 0.3) is 0 Å². The van der Waals surface area contributed by atoms with Crippen molar-refractivity contribution in [2.75, 3.05) is 5.75 Å². The molecule has 6 unspecified atom stereocenters. The van der Waals surface area contributed by atoms with E-state index in [1.807, 2.05) is 20.8 Å². The molecule has 0 aromatic rings. The molecule has 0 aromatic carbocycles. The van der Waals surface area contributed by atoms with E-state index < -0.39 is 54.0 Å². The first-order chi connectivity index (χ1) is 13.8. The molecular weight excluding hydrogens is 412 g/mol. The highest BCUT2D eigenvalue weighted by Crippen LogP contribution is 2.09. The van der Waals surface area contributed by atoms with Crippen molar-refractivity contribution in [2.45, 2.75) is 77.7 Å². The van der Waals surface area contributed by atoms with Gasteiger partial charge >= 0.3 is 5.97 Å². The Hall–Kier alpha value is -1.85. The van der Waals surface area contributed by atoms with Gasteiger partial charge in [0.15, 0.2) is 0 Å². The number of thiol groups is 1. The summed E-state index contributed by atoms with van der Waals surface area (Å²) in [5, 5.41) is 26.3. The molecule has 3 amide bonds. The lowest BCUT2D eigenvalue weighted by Gasteiger charge is -2.26. The summed E-state index contributed by atoms with van der Waals surface area (Å²) >= 11 is 4.08. The third kappa shape index (κ3) is 9.31. The van der Waals surface area contributed by atoms with E-state index >= 15 is 0 Å². The van der Waals surface area contributed by atoms with Crippen molar-refractivity contribution in [1.82, 2.24) is 16.0 Å². The van der Waals surface area contributed by atoms with Crippen molar-refractivity contribution in [3.05, 3.63) is 0 Å². The quantitative estimate of drug-likeness (QED) is 0.182. The Morgan fingerprint density at radius 1 is 0.933 bits per heavy atom. The minimum Gasteiger partial charge on any atom is -0.480 e. The van der Waals surface area contributed by atoms with E-state index in [1.54, 1.807) is 6.92 Å². The number of hydrogen-bond donors (Lipinski definition) is 7. The fourth-order valence-corrected chi connectivity index (χ4v) is 2.85. The maximum absolute atomic E-state index is 12.7. The Morgan fingerprint density at radius 3 is 1.83 bits per heavy atom. The number of hydrogen-bond acceptors (Lipinski definition) is 7. The van der Waals surface area contributed by atoms with Gasteiger partial charge in [-0.1, -0.05) is 34.1 Å². The van der Waals surface area contributed by atoms with E-state index in [0.29, 0.717) is 6.42 Å². The maximum Gasteiger partial charge on any atom is 0.326 e. The van der Waals surface area contributed by atoms with Gasteiger partial charge in [-0.25, -0.2) is 4.79 Å². The Bertz CT molecular complexity index is 602. The molecule has 0 rings (SSSR count). The number of carbonyl (C=O) groups excluding carboxylic acids is 3. The van der Waals surface area contributed by atoms with Gasteiger partial charge in [-0.15, -0.1) is 0 Å². The van der Waals surface area contributed by atoms with E-state index in [1.165, 1.54) is 6.92 Å². The lowest BCUT2D eigenvalue weighted by atomic mass is 9.99. The molecule has 174 valence electrons. The van der Waals surface area contributed by atoms with E-state index in [0.717, 1.165) is 0 Å². The van der Waals surface area contributed by atoms with Crippen LogP contribution >= 0.6 is 12.6 Å². The lowest BCUT2D eigenvalue weighted by Crippen LogP contribution is -2.59. The molecule has 30 heavy (non-hydrogen) atoms. The molecule has 11 heteroatoms. The fourth-order valence-electron chi connectivity index (χ4n) is 2.59. The number of nitrogens with one attached hydrogen (secondary N) is 3. The zero-order valence-electron chi connectivity index (χ0n) is 18.2. The Kier molecular flexibility index (Phi) is 12.6. The molecule has 0 aromatic heterocycles. The number of aliphatic hydroxyl groups excluding tert-OH is 1. The maximum atomic E-state index is 12.7. The molecule has 0 saturated heterocycles. The van der Waals surface area contributed by atoms with Gasteiger partial charge in [0.1, 0.15) is 24.2 Å². The SMILES string of the molecule is CCC(C)C(NC(=O)C(CS)NC(=O)C(CC(C)C)NC(=O)C(N)C(C)O)C(=O)O. The zero-order valence-corrected chi connectivity index (χ0v) is 19.1. The van der Waals surface area contributed by atoms with E-state index in [4.69, 9.17) is 5.73 Å². The summed E-state index contributed by atoms with van der Waals surface area (Å²) in [4.78, 5) is 48.9. The number of aliphatic hydroxyl groups is 1. The predicted octanol–water partition coefficient (Wildman–Crippen LogP) is -0.744. The van der Waals surface area contributed by atoms with Crippen molar-refractivity contribution >= 4 is 36.3 Å². The largest absolute Gasteiger partial charge is 0.480 e. The summed E-state index contributed by atoms with van der Waals surface area (Å²) in [6, 6.07) is -4.38. The van der Waals surface area contributed by atoms with Gasteiger partial charge in [-0.2, -0.15) is 12.6 Å². The molecule has 0 radical (unpaired) electrons. The van der Waals surface area contributed by atoms with Crippen LogP contribution in [-0.4, -0.2) is 69.9 Å². The summed E-state index contributed by atoms with van der Waals surface area (Å²) < 4.78 is 0. The van der Waals surface area contributed by atoms with Gasteiger partial charge in [0, 0.05) is 5.75 Å². The molecule has 0 fully saturated rings. The normalized spacial score (nSPS) is 17.2. The van der Waals surface area contributed by atoms with Gasteiger partial charge in [0.2, 0.25) is 17.7 Å². The predicted molar refractivity (Wildman–Crippen MR) is 116 cm³/mol. The average molecular weight is 449 g/mol. The Morgan fingerprint density at radius 2 is 1.43 bits per heavy atom. The first kappa shape index (κ1) is 28.1. The van der Waals surface area contributed by atoms with Gasteiger partial charge in [-0.05, 0) is 25.2 Å². The van der Waals surface area contributed by atoms with Crippen molar-refractivity contribution in [3.8, 4) is 0 Å². The second kappa shape index (κ2) is 13.5. The molecule has 0 aliphatic heterocycles. The van der Waals surface area contributed by atoms with Crippen molar-refractivity contribution < 1.29 is 29.4 Å². The topological polar surface area (TPSA) is 171 Å². The van der Waals surface area contributed by atoms with Crippen LogP contribution in [0, 0.1) is 11.8 Å². The number of amides is 3. The second-order valence-electron chi connectivity index (χ2n) is 7.91. The summed E-state index contributed by atoms with van der Waals surface area (Å²) in [7, 11) is 0. The standard InChI is InChI=1S/C19H36N4O6S/c1-6-10(4)15(19(28)29)23-17(26)13(8-30)22-16(25)12(7-9(2)3)21-18(27)14(20)11(5)24/h9-15,24,30H,6-8,20H2,1-5H3,(H,21,27)(H,22,25)(H,23,26)(H,28,29). The van der Waals surface area contributed by atoms with Crippen LogP contribution in [0.5, 0.6) is 0 Å². The van der Waals surface area contributed by atoms with Crippen LogP contribution in [0.2, 0.25) is 0 Å². The van der Waals surface area contributed by atoms with Gasteiger partial charge < -0.3 is 31.9 Å². The Balaban J connectivity index is 5.29. The van der Waals surface area contributed by atoms with Crippen molar-refractivity contribution in [1.29, 1.82) is 0 Å². The third-order valence-corrected chi connectivity index (χ3v) is 5.12. The molecule has 0 heterocycles. The highest BCUT2D eigenvalue weighted by atomic mass is 32.1. The van der Waals surface area contributed by atoms with Crippen LogP contribution in [0.3, 0.4) is 0 Å². The number of carbonyl (C=O) groups is 4. The number of nitrogens with two attached hydrogens (primary N) is 1. The van der Waals surface area contributed by atoms with Gasteiger partial charge in [0.05, 0.1) is 6.10 Å². The second-order valence-corrected chi connectivity index (χ2v) is 8.28. The average Bonchev–Trinajstić information content (AvgIpc) is 2.67. The van der Waals surface area contributed by atoms with E-state index in [-0.39, 0.29) is 24.0 Å². The summed E-state index contributed by atoms with van der Waals surface area (Å²) in [5.41, 5.74) is 5.61. The molecule has 0 saturated carbocycles. The van der Waals surface area contributed by atoms with Crippen molar-refractivity contribution in [3.63, 3.8) is 0 Å². The molecule has 0 spiro atoms. The number of carboxylic acids is 1. The van der Waals surface area contributed by atoms with Gasteiger partial charge in [0.25, 0.3) is 0 Å². The first-order valence-corrected chi connectivity index (χ1v) is 10.7. The molecule has 7 N–H and O–H groups in total. The minimum absolute atomic E-state index is 0.0360. The summed E-state index contributed by atoms with van der Waals surface area (Å²) in [5.74, 6) is -3.51. The van der Waals surface area contributed by atoms with Crippen molar-refractivity contribution in [2.24, 2.45) is 17.6 Å². The summed E-state index contributed by atoms with van der Waals surface area (Å²) in [6.45, 7) is 8.58. The van der Waals surface area contributed by atoms with Crippen LogP contribution in [0.15, 0.2) is 0 Å². The number of carboxylic acid groups (broad SMARTS) is 1. The molecule has 0 aliphatic rings. The first-order valence-electron chi connectivity index (χ1n) is 10.0.